The fraction of sp³-hybridized carbons (Fsp3) is 0.583. The minimum atomic E-state index is 0. The lowest BCUT2D eigenvalue weighted by atomic mass is 9.90. The van der Waals surface area contributed by atoms with Crippen LogP contribution in [0.3, 0.4) is 0 Å². The average molecular weight is 566 g/mol. The number of aromatic nitrogens is 3. The van der Waals surface area contributed by atoms with Crippen molar-refractivity contribution in [2.24, 2.45) is 10.9 Å². The Morgan fingerprint density at radius 2 is 1.79 bits per heavy atom. The number of H-pyrrole nitrogens is 1. The standard InChI is InChI=1S/C24H35N7O.HI/c1-2-25-24(31-14-10-21(11-15-31)23-27-18-28-29-23)26-17-22(32)30-12-8-20(9-13-30)16-19-6-4-3-5-7-19;/h3-7,18,20-21H,2,8-17H2,1H3,(H,25,26)(H,27,28,29);1H. The van der Waals surface area contributed by atoms with Gasteiger partial charge in [-0.3, -0.25) is 9.89 Å². The van der Waals surface area contributed by atoms with Gasteiger partial charge in [-0.15, -0.1) is 24.0 Å². The maximum absolute atomic E-state index is 12.8. The van der Waals surface area contributed by atoms with Crippen molar-refractivity contribution in [2.75, 3.05) is 39.3 Å². The zero-order chi connectivity index (χ0) is 22.2. The second kappa shape index (κ2) is 12.9. The third kappa shape index (κ3) is 7.15. The molecular formula is C24H36IN7O. The van der Waals surface area contributed by atoms with Crippen LogP contribution in [-0.4, -0.2) is 76.1 Å². The van der Waals surface area contributed by atoms with E-state index < -0.39 is 0 Å². The molecule has 0 atom stereocenters. The van der Waals surface area contributed by atoms with Crippen LogP contribution in [0.15, 0.2) is 41.7 Å². The molecule has 0 bridgehead atoms. The monoisotopic (exact) mass is 565 g/mol. The summed E-state index contributed by atoms with van der Waals surface area (Å²) in [6, 6.07) is 10.7. The maximum Gasteiger partial charge on any atom is 0.244 e. The molecule has 0 aliphatic carbocycles. The molecule has 0 unspecified atom stereocenters. The maximum atomic E-state index is 12.8. The van der Waals surface area contributed by atoms with E-state index in [1.165, 1.54) is 5.56 Å². The van der Waals surface area contributed by atoms with E-state index in [-0.39, 0.29) is 36.4 Å². The van der Waals surface area contributed by atoms with Crippen molar-refractivity contribution in [1.29, 1.82) is 0 Å². The average Bonchev–Trinajstić information content (AvgIpc) is 3.38. The molecule has 2 aromatic rings. The molecule has 4 rings (SSSR count). The third-order valence-corrected chi connectivity index (χ3v) is 6.65. The molecule has 2 aliphatic heterocycles. The van der Waals surface area contributed by atoms with Gasteiger partial charge in [0.1, 0.15) is 18.7 Å². The van der Waals surface area contributed by atoms with Crippen LogP contribution in [0.1, 0.15) is 49.9 Å². The van der Waals surface area contributed by atoms with Crippen LogP contribution in [0.25, 0.3) is 0 Å². The number of rotatable bonds is 6. The van der Waals surface area contributed by atoms with E-state index in [0.717, 1.165) is 76.6 Å². The summed E-state index contributed by atoms with van der Waals surface area (Å²) in [6.45, 7) is 6.55. The number of hydrogen-bond donors (Lipinski definition) is 2. The van der Waals surface area contributed by atoms with Crippen LogP contribution in [0.5, 0.6) is 0 Å². The summed E-state index contributed by atoms with van der Waals surface area (Å²) in [5.41, 5.74) is 1.39. The number of amides is 1. The normalized spacial score (nSPS) is 18.2. The van der Waals surface area contributed by atoms with E-state index in [9.17, 15) is 4.79 Å². The highest BCUT2D eigenvalue weighted by atomic mass is 127. The van der Waals surface area contributed by atoms with Crippen molar-refractivity contribution in [1.82, 2.24) is 30.3 Å². The van der Waals surface area contributed by atoms with Gasteiger partial charge < -0.3 is 15.1 Å². The number of benzene rings is 1. The molecule has 9 heteroatoms. The van der Waals surface area contributed by atoms with Crippen molar-refractivity contribution in [3.63, 3.8) is 0 Å². The van der Waals surface area contributed by atoms with Crippen LogP contribution in [0.2, 0.25) is 0 Å². The lowest BCUT2D eigenvalue weighted by Crippen LogP contribution is -2.46. The number of hydrogen-bond acceptors (Lipinski definition) is 4. The first kappa shape index (κ1) is 25.5. The van der Waals surface area contributed by atoms with E-state index in [1.807, 2.05) is 4.90 Å². The Bertz CT molecular complexity index is 858. The molecule has 180 valence electrons. The minimum absolute atomic E-state index is 0. The summed E-state index contributed by atoms with van der Waals surface area (Å²) in [4.78, 5) is 26.1. The van der Waals surface area contributed by atoms with Crippen LogP contribution in [0, 0.1) is 5.92 Å². The van der Waals surface area contributed by atoms with E-state index in [4.69, 9.17) is 4.99 Å². The molecule has 2 fully saturated rings. The van der Waals surface area contributed by atoms with E-state index in [0.29, 0.717) is 11.8 Å². The number of piperidine rings is 2. The fourth-order valence-corrected chi connectivity index (χ4v) is 4.78. The van der Waals surface area contributed by atoms with Gasteiger partial charge in [0.05, 0.1) is 0 Å². The molecule has 0 spiro atoms. The molecule has 2 aliphatic rings. The zero-order valence-corrected chi connectivity index (χ0v) is 21.8. The van der Waals surface area contributed by atoms with E-state index in [1.54, 1.807) is 6.33 Å². The Hall–Kier alpha value is -2.17. The van der Waals surface area contributed by atoms with Crippen LogP contribution >= 0.6 is 24.0 Å². The number of likely N-dealkylation sites (tertiary alicyclic amines) is 2. The number of aliphatic imine (C=N–C) groups is 1. The quantitative estimate of drug-likeness (QED) is 0.320. The molecule has 1 aromatic heterocycles. The first-order valence-corrected chi connectivity index (χ1v) is 11.9. The first-order chi connectivity index (χ1) is 15.7. The van der Waals surface area contributed by atoms with Gasteiger partial charge >= 0.3 is 0 Å². The number of nitrogens with zero attached hydrogens (tertiary/aromatic N) is 5. The summed E-state index contributed by atoms with van der Waals surface area (Å²) in [5, 5.41) is 10.3. The topological polar surface area (TPSA) is 89.5 Å². The largest absolute Gasteiger partial charge is 0.357 e. The number of carbonyl (C=O) groups excluding carboxylic acids is 1. The molecule has 2 N–H and O–H groups in total. The number of carbonyl (C=O) groups is 1. The molecule has 0 radical (unpaired) electrons. The number of nitrogens with one attached hydrogen (secondary N) is 2. The second-order valence-corrected chi connectivity index (χ2v) is 8.82. The summed E-state index contributed by atoms with van der Waals surface area (Å²) >= 11 is 0. The van der Waals surface area contributed by atoms with Gasteiger partial charge in [-0.05, 0) is 50.5 Å². The molecule has 33 heavy (non-hydrogen) atoms. The Kier molecular flexibility index (Phi) is 9.95. The lowest BCUT2D eigenvalue weighted by molar-refractivity contribution is -0.131. The molecule has 8 nitrogen and oxygen atoms in total. The van der Waals surface area contributed by atoms with Crippen LogP contribution in [0.4, 0.5) is 0 Å². The predicted octanol–water partition coefficient (Wildman–Crippen LogP) is 3.05. The summed E-state index contributed by atoms with van der Waals surface area (Å²) in [6.07, 6.45) is 6.82. The van der Waals surface area contributed by atoms with Gasteiger partial charge in [0, 0.05) is 38.6 Å². The Labute approximate surface area is 213 Å². The zero-order valence-electron chi connectivity index (χ0n) is 19.4. The predicted molar refractivity (Wildman–Crippen MR) is 141 cm³/mol. The van der Waals surface area contributed by atoms with Crippen molar-refractivity contribution in [3.05, 3.63) is 48.0 Å². The first-order valence-electron chi connectivity index (χ1n) is 11.9. The lowest BCUT2D eigenvalue weighted by Gasteiger charge is -2.34. The SMILES string of the molecule is CCNC(=NCC(=O)N1CCC(Cc2ccccc2)CC1)N1CCC(c2ncn[nH]2)CC1.I. The van der Waals surface area contributed by atoms with E-state index >= 15 is 0 Å². The molecular weight excluding hydrogens is 529 g/mol. The number of guanidine groups is 1. The Balaban J connectivity index is 0.00000306. The Morgan fingerprint density at radius 3 is 2.42 bits per heavy atom. The van der Waals surface area contributed by atoms with Gasteiger partial charge in [0.25, 0.3) is 0 Å². The fourth-order valence-electron chi connectivity index (χ4n) is 4.78. The Morgan fingerprint density at radius 1 is 1.09 bits per heavy atom. The smallest absolute Gasteiger partial charge is 0.244 e. The summed E-state index contributed by atoms with van der Waals surface area (Å²) in [7, 11) is 0. The van der Waals surface area contributed by atoms with Gasteiger partial charge in [-0.2, -0.15) is 5.10 Å². The third-order valence-electron chi connectivity index (χ3n) is 6.65. The minimum Gasteiger partial charge on any atom is -0.357 e. The van der Waals surface area contributed by atoms with Crippen LogP contribution in [-0.2, 0) is 11.2 Å². The molecule has 2 saturated heterocycles. The second-order valence-electron chi connectivity index (χ2n) is 8.82. The highest BCUT2D eigenvalue weighted by Crippen LogP contribution is 2.25. The van der Waals surface area contributed by atoms with Crippen molar-refractivity contribution in [2.45, 2.75) is 44.9 Å². The molecule has 1 amide bonds. The van der Waals surface area contributed by atoms with Crippen molar-refractivity contribution < 1.29 is 4.79 Å². The van der Waals surface area contributed by atoms with Crippen molar-refractivity contribution in [3.8, 4) is 0 Å². The van der Waals surface area contributed by atoms with Crippen LogP contribution < -0.4 is 5.32 Å². The number of halogens is 1. The van der Waals surface area contributed by atoms with Gasteiger partial charge in [0.15, 0.2) is 5.96 Å². The number of aromatic amines is 1. The van der Waals surface area contributed by atoms with Gasteiger partial charge in [-0.1, -0.05) is 30.3 Å². The summed E-state index contributed by atoms with van der Waals surface area (Å²) in [5.74, 6) is 3.02. The van der Waals surface area contributed by atoms with Gasteiger partial charge in [0.2, 0.25) is 5.91 Å². The highest BCUT2D eigenvalue weighted by molar-refractivity contribution is 14.0. The molecule has 3 heterocycles. The van der Waals surface area contributed by atoms with Gasteiger partial charge in [-0.25, -0.2) is 9.98 Å². The van der Waals surface area contributed by atoms with E-state index in [2.05, 4.69) is 62.7 Å². The van der Waals surface area contributed by atoms with Crippen molar-refractivity contribution >= 4 is 35.8 Å². The molecule has 1 aromatic carbocycles. The summed E-state index contributed by atoms with van der Waals surface area (Å²) < 4.78 is 0. The molecule has 0 saturated carbocycles. The highest BCUT2D eigenvalue weighted by Gasteiger charge is 2.26.